The molecule has 1 aromatic heterocycles. The zero-order valence-corrected chi connectivity index (χ0v) is 13.9. The van der Waals surface area contributed by atoms with Crippen LogP contribution in [0.15, 0.2) is 52.3 Å². The number of rotatable bonds is 5. The zero-order valence-electron chi connectivity index (χ0n) is 12.3. The van der Waals surface area contributed by atoms with Crippen LogP contribution in [0.2, 0.25) is 0 Å². The maximum absolute atomic E-state index is 11.9. The van der Waals surface area contributed by atoms with E-state index in [-0.39, 0.29) is 5.91 Å². The highest BCUT2D eigenvalue weighted by atomic mass is 79.9. The van der Waals surface area contributed by atoms with Gasteiger partial charge in [0.1, 0.15) is 5.75 Å². The van der Waals surface area contributed by atoms with Gasteiger partial charge in [0.2, 0.25) is 0 Å². The number of carbonyl (C=O) groups excluding carboxylic acids is 1. The maximum atomic E-state index is 11.9. The average Bonchev–Trinajstić information content (AvgIpc) is 2.51. The molecule has 114 valence electrons. The highest BCUT2D eigenvalue weighted by Gasteiger charge is 2.15. The van der Waals surface area contributed by atoms with Crippen LogP contribution in [-0.2, 0) is 4.79 Å². The maximum Gasteiger partial charge on any atom is 0.280 e. The summed E-state index contributed by atoms with van der Waals surface area (Å²) in [6, 6.07) is 9.26. The Bertz CT molecular complexity index is 674. The molecular weight excluding hydrogens is 346 g/mol. The molecule has 2 aromatic rings. The van der Waals surface area contributed by atoms with Gasteiger partial charge in [-0.1, -0.05) is 6.07 Å². The largest absolute Gasteiger partial charge is 0.480 e. The number of nitrogens with zero attached hydrogens (tertiary/aromatic N) is 2. The van der Waals surface area contributed by atoms with Gasteiger partial charge in [-0.2, -0.15) is 5.10 Å². The Balaban J connectivity index is 1.91. The standard InChI is InChI=1S/C16H16BrN3O2/c1-11-3-4-15(14(17)9-11)22-12(2)16(21)20-19-10-13-5-7-18-8-6-13/h3-10,12H,1-2H3,(H,20,21)/t12-/m0/s1. The number of pyridine rings is 1. The Morgan fingerprint density at radius 1 is 1.36 bits per heavy atom. The van der Waals surface area contributed by atoms with Crippen LogP contribution in [0.5, 0.6) is 5.75 Å². The van der Waals surface area contributed by atoms with Crippen molar-refractivity contribution in [2.75, 3.05) is 0 Å². The molecule has 2 rings (SSSR count). The summed E-state index contributed by atoms with van der Waals surface area (Å²) in [5.74, 6) is 0.296. The van der Waals surface area contributed by atoms with E-state index in [2.05, 4.69) is 31.4 Å². The average molecular weight is 362 g/mol. The Labute approximate surface area is 137 Å². The van der Waals surface area contributed by atoms with Gasteiger partial charge in [-0.05, 0) is 65.2 Å². The van der Waals surface area contributed by atoms with E-state index in [0.717, 1.165) is 15.6 Å². The summed E-state index contributed by atoms with van der Waals surface area (Å²) in [6.45, 7) is 3.65. The van der Waals surface area contributed by atoms with Crippen molar-refractivity contribution in [2.45, 2.75) is 20.0 Å². The van der Waals surface area contributed by atoms with E-state index in [1.807, 2.05) is 25.1 Å². The van der Waals surface area contributed by atoms with E-state index in [0.29, 0.717) is 5.75 Å². The van der Waals surface area contributed by atoms with Crippen molar-refractivity contribution in [2.24, 2.45) is 5.10 Å². The third kappa shape index (κ3) is 4.66. The van der Waals surface area contributed by atoms with Gasteiger partial charge in [-0.3, -0.25) is 9.78 Å². The molecule has 1 amide bonds. The van der Waals surface area contributed by atoms with Crippen molar-refractivity contribution >= 4 is 28.1 Å². The predicted octanol–water partition coefficient (Wildman–Crippen LogP) is 3.07. The fourth-order valence-corrected chi connectivity index (χ4v) is 2.24. The lowest BCUT2D eigenvalue weighted by atomic mass is 10.2. The van der Waals surface area contributed by atoms with E-state index in [1.165, 1.54) is 0 Å². The van der Waals surface area contributed by atoms with Gasteiger partial charge < -0.3 is 4.74 Å². The quantitative estimate of drug-likeness (QED) is 0.657. The fourth-order valence-electron chi connectivity index (χ4n) is 1.66. The highest BCUT2D eigenvalue weighted by molar-refractivity contribution is 9.10. The summed E-state index contributed by atoms with van der Waals surface area (Å²) in [4.78, 5) is 15.8. The molecule has 0 radical (unpaired) electrons. The Morgan fingerprint density at radius 3 is 2.77 bits per heavy atom. The molecule has 0 aliphatic rings. The molecule has 6 heteroatoms. The lowest BCUT2D eigenvalue weighted by Crippen LogP contribution is -2.33. The van der Waals surface area contributed by atoms with Crippen molar-refractivity contribution in [1.82, 2.24) is 10.4 Å². The second kappa shape index (κ2) is 7.70. The number of aromatic nitrogens is 1. The second-order valence-corrected chi connectivity index (χ2v) is 5.56. The highest BCUT2D eigenvalue weighted by Crippen LogP contribution is 2.26. The molecule has 1 heterocycles. The number of hydrazone groups is 1. The molecule has 0 aliphatic heterocycles. The number of carbonyl (C=O) groups is 1. The van der Waals surface area contributed by atoms with Crippen LogP contribution in [0.4, 0.5) is 0 Å². The van der Waals surface area contributed by atoms with Crippen molar-refractivity contribution < 1.29 is 9.53 Å². The zero-order chi connectivity index (χ0) is 15.9. The van der Waals surface area contributed by atoms with Gasteiger partial charge >= 0.3 is 0 Å². The van der Waals surface area contributed by atoms with E-state index < -0.39 is 6.10 Å². The van der Waals surface area contributed by atoms with Crippen LogP contribution in [0.3, 0.4) is 0 Å². The van der Waals surface area contributed by atoms with Crippen LogP contribution in [0, 0.1) is 6.92 Å². The normalized spacial score (nSPS) is 12.1. The molecule has 0 bridgehead atoms. The second-order valence-electron chi connectivity index (χ2n) is 4.71. The summed E-state index contributed by atoms with van der Waals surface area (Å²) in [5.41, 5.74) is 4.41. The van der Waals surface area contributed by atoms with Crippen LogP contribution in [-0.4, -0.2) is 23.2 Å². The van der Waals surface area contributed by atoms with Gasteiger partial charge in [0.25, 0.3) is 5.91 Å². The van der Waals surface area contributed by atoms with Gasteiger partial charge in [0, 0.05) is 12.4 Å². The number of halogens is 1. The SMILES string of the molecule is Cc1ccc(O[C@@H](C)C(=O)NN=Cc2ccncc2)c(Br)c1. The lowest BCUT2D eigenvalue weighted by Gasteiger charge is -2.14. The number of amides is 1. The smallest absolute Gasteiger partial charge is 0.280 e. The van der Waals surface area contributed by atoms with Crippen molar-refractivity contribution in [1.29, 1.82) is 0 Å². The summed E-state index contributed by atoms with van der Waals surface area (Å²) >= 11 is 3.42. The molecule has 1 aromatic carbocycles. The number of ether oxygens (including phenoxy) is 1. The van der Waals surface area contributed by atoms with E-state index in [1.54, 1.807) is 37.7 Å². The van der Waals surface area contributed by atoms with Crippen molar-refractivity contribution in [3.63, 3.8) is 0 Å². The fraction of sp³-hybridized carbons (Fsp3) is 0.188. The lowest BCUT2D eigenvalue weighted by molar-refractivity contribution is -0.127. The molecule has 0 unspecified atom stereocenters. The Morgan fingerprint density at radius 2 is 2.09 bits per heavy atom. The van der Waals surface area contributed by atoms with E-state index in [4.69, 9.17) is 4.74 Å². The number of hydrogen-bond donors (Lipinski definition) is 1. The molecule has 0 fully saturated rings. The first kappa shape index (κ1) is 16.2. The Kier molecular flexibility index (Phi) is 5.66. The summed E-state index contributed by atoms with van der Waals surface area (Å²) in [5, 5.41) is 3.90. The van der Waals surface area contributed by atoms with Crippen molar-refractivity contribution in [3.8, 4) is 5.75 Å². The van der Waals surface area contributed by atoms with Crippen LogP contribution in [0.1, 0.15) is 18.1 Å². The molecule has 22 heavy (non-hydrogen) atoms. The minimum Gasteiger partial charge on any atom is -0.480 e. The molecule has 0 aliphatic carbocycles. The first-order valence-electron chi connectivity index (χ1n) is 6.72. The third-order valence-corrected chi connectivity index (χ3v) is 3.47. The number of hydrogen-bond acceptors (Lipinski definition) is 4. The number of nitrogens with one attached hydrogen (secondary N) is 1. The molecule has 0 spiro atoms. The monoisotopic (exact) mass is 361 g/mol. The molecular formula is C16H16BrN3O2. The summed E-state index contributed by atoms with van der Waals surface area (Å²) in [6.07, 6.45) is 4.20. The molecule has 5 nitrogen and oxygen atoms in total. The molecule has 1 atom stereocenters. The first-order chi connectivity index (χ1) is 10.6. The minimum absolute atomic E-state index is 0.321. The molecule has 0 saturated heterocycles. The topological polar surface area (TPSA) is 63.6 Å². The molecule has 0 saturated carbocycles. The van der Waals surface area contributed by atoms with Crippen LogP contribution >= 0.6 is 15.9 Å². The Hall–Kier alpha value is -2.21. The van der Waals surface area contributed by atoms with Crippen molar-refractivity contribution in [3.05, 3.63) is 58.3 Å². The first-order valence-corrected chi connectivity index (χ1v) is 7.51. The van der Waals surface area contributed by atoms with E-state index in [9.17, 15) is 4.79 Å². The van der Waals surface area contributed by atoms with Gasteiger partial charge in [0.15, 0.2) is 6.10 Å². The van der Waals surface area contributed by atoms with Crippen LogP contribution < -0.4 is 10.2 Å². The van der Waals surface area contributed by atoms with Gasteiger partial charge in [-0.15, -0.1) is 0 Å². The number of aryl methyl sites for hydroxylation is 1. The predicted molar refractivity (Wildman–Crippen MR) is 88.9 cm³/mol. The number of benzene rings is 1. The molecule has 1 N–H and O–H groups in total. The summed E-state index contributed by atoms with van der Waals surface area (Å²) in [7, 11) is 0. The minimum atomic E-state index is -0.659. The van der Waals surface area contributed by atoms with E-state index >= 15 is 0 Å². The third-order valence-electron chi connectivity index (χ3n) is 2.85. The van der Waals surface area contributed by atoms with Crippen LogP contribution in [0.25, 0.3) is 0 Å². The summed E-state index contributed by atoms with van der Waals surface area (Å²) < 4.78 is 6.43. The van der Waals surface area contributed by atoms with Gasteiger partial charge in [0.05, 0.1) is 10.7 Å². The van der Waals surface area contributed by atoms with Gasteiger partial charge in [-0.25, -0.2) is 5.43 Å².